The summed E-state index contributed by atoms with van der Waals surface area (Å²) in [6.45, 7) is 8.97. The van der Waals surface area contributed by atoms with Gasteiger partial charge in [0.15, 0.2) is 5.16 Å². The highest BCUT2D eigenvalue weighted by Gasteiger charge is 2.27. The van der Waals surface area contributed by atoms with Crippen molar-refractivity contribution in [3.8, 4) is 0 Å². The highest BCUT2D eigenvalue weighted by atomic mass is 32.2. The molecule has 7 heteroatoms. The van der Waals surface area contributed by atoms with Gasteiger partial charge in [0.05, 0.1) is 16.3 Å². The van der Waals surface area contributed by atoms with E-state index >= 15 is 0 Å². The number of amides is 3. The fraction of sp³-hybridized carbons (Fsp3) is 0.471. The SMILES string of the molecule is CC(C)Cn1c(S[C@H](C(=O)NC(N)=O)C(C)C)nc2ccccc21. The van der Waals surface area contributed by atoms with Gasteiger partial charge in [0.2, 0.25) is 5.91 Å². The number of nitrogens with one attached hydrogen (secondary N) is 1. The molecule has 0 aliphatic rings. The van der Waals surface area contributed by atoms with Crippen molar-refractivity contribution in [1.82, 2.24) is 14.9 Å². The number of nitrogens with two attached hydrogens (primary N) is 1. The summed E-state index contributed by atoms with van der Waals surface area (Å²) in [5, 5.41) is 2.52. The first-order valence-electron chi connectivity index (χ1n) is 8.01. The third kappa shape index (κ3) is 4.29. The van der Waals surface area contributed by atoms with Crippen molar-refractivity contribution in [2.45, 2.75) is 44.6 Å². The maximum atomic E-state index is 12.3. The monoisotopic (exact) mass is 348 g/mol. The molecule has 1 aromatic carbocycles. The second kappa shape index (κ2) is 7.70. The highest BCUT2D eigenvalue weighted by Crippen LogP contribution is 2.31. The summed E-state index contributed by atoms with van der Waals surface area (Å²) in [6.07, 6.45) is 0. The molecule has 1 atom stereocenters. The van der Waals surface area contributed by atoms with Crippen molar-refractivity contribution in [2.75, 3.05) is 0 Å². The van der Waals surface area contributed by atoms with Crippen LogP contribution in [0.25, 0.3) is 11.0 Å². The molecular weight excluding hydrogens is 324 g/mol. The first-order valence-corrected chi connectivity index (χ1v) is 8.89. The molecule has 6 nitrogen and oxygen atoms in total. The Morgan fingerprint density at radius 3 is 2.50 bits per heavy atom. The van der Waals surface area contributed by atoms with Crippen LogP contribution in [-0.4, -0.2) is 26.7 Å². The van der Waals surface area contributed by atoms with E-state index in [0.29, 0.717) is 5.92 Å². The van der Waals surface area contributed by atoms with Gasteiger partial charge in [-0.25, -0.2) is 9.78 Å². The Labute approximate surface area is 146 Å². The van der Waals surface area contributed by atoms with E-state index < -0.39 is 11.3 Å². The summed E-state index contributed by atoms with van der Waals surface area (Å²) in [5.41, 5.74) is 7.03. The van der Waals surface area contributed by atoms with Gasteiger partial charge in [-0.3, -0.25) is 10.1 Å². The lowest BCUT2D eigenvalue weighted by Crippen LogP contribution is -2.42. The number of urea groups is 1. The number of benzene rings is 1. The molecule has 3 amide bonds. The molecule has 0 bridgehead atoms. The fourth-order valence-electron chi connectivity index (χ4n) is 2.48. The topological polar surface area (TPSA) is 90.0 Å². The van der Waals surface area contributed by atoms with Gasteiger partial charge in [0, 0.05) is 6.54 Å². The molecule has 0 aliphatic carbocycles. The Bertz CT molecular complexity index is 739. The van der Waals surface area contributed by atoms with Crippen molar-refractivity contribution in [1.29, 1.82) is 0 Å². The molecule has 0 spiro atoms. The lowest BCUT2D eigenvalue weighted by molar-refractivity contribution is -0.120. The molecule has 2 rings (SSSR count). The minimum absolute atomic E-state index is 0.0293. The first kappa shape index (κ1) is 18.3. The number of carbonyl (C=O) groups excluding carboxylic acids is 2. The molecule has 0 saturated heterocycles. The van der Waals surface area contributed by atoms with E-state index in [1.165, 1.54) is 11.8 Å². The van der Waals surface area contributed by atoms with Crippen molar-refractivity contribution < 1.29 is 9.59 Å². The largest absolute Gasteiger partial charge is 0.351 e. The number of hydrogen-bond acceptors (Lipinski definition) is 4. The first-order chi connectivity index (χ1) is 11.3. The zero-order chi connectivity index (χ0) is 17.9. The number of thioether (sulfide) groups is 1. The zero-order valence-corrected chi connectivity index (χ0v) is 15.3. The third-order valence-corrected chi connectivity index (χ3v) is 5.04. The molecule has 0 saturated carbocycles. The quantitative estimate of drug-likeness (QED) is 0.785. The Hall–Kier alpha value is -2.02. The van der Waals surface area contributed by atoms with Gasteiger partial charge in [-0.05, 0) is 24.0 Å². The van der Waals surface area contributed by atoms with Crippen LogP contribution in [0, 0.1) is 11.8 Å². The van der Waals surface area contributed by atoms with Crippen molar-refractivity contribution in [3.63, 3.8) is 0 Å². The minimum atomic E-state index is -0.832. The number of imidazole rings is 1. The number of aromatic nitrogens is 2. The number of fused-ring (bicyclic) bond motifs is 1. The van der Waals surface area contributed by atoms with Crippen LogP contribution in [0.1, 0.15) is 27.7 Å². The maximum Gasteiger partial charge on any atom is 0.318 e. The maximum absolute atomic E-state index is 12.3. The standard InChI is InChI=1S/C17H24N4O2S/c1-10(2)9-21-13-8-6-5-7-12(13)19-17(21)24-14(11(3)4)15(22)20-16(18)23/h5-8,10-11,14H,9H2,1-4H3,(H3,18,20,22,23)/t14-/m0/s1. The summed E-state index contributed by atoms with van der Waals surface area (Å²) in [7, 11) is 0. The Kier molecular flexibility index (Phi) is 5.88. The minimum Gasteiger partial charge on any atom is -0.351 e. The van der Waals surface area contributed by atoms with Crippen LogP contribution in [0.4, 0.5) is 4.79 Å². The number of rotatable bonds is 6. The molecule has 1 heterocycles. The van der Waals surface area contributed by atoms with E-state index in [1.807, 2.05) is 38.1 Å². The molecule has 24 heavy (non-hydrogen) atoms. The Balaban J connectivity index is 2.38. The number of imide groups is 1. The average Bonchev–Trinajstić information content (AvgIpc) is 2.81. The molecule has 0 fully saturated rings. The van der Waals surface area contributed by atoms with Crippen molar-refractivity contribution >= 4 is 34.7 Å². The van der Waals surface area contributed by atoms with E-state index in [2.05, 4.69) is 28.7 Å². The fourth-order valence-corrected chi connectivity index (χ4v) is 3.60. The zero-order valence-electron chi connectivity index (χ0n) is 14.4. The van der Waals surface area contributed by atoms with Gasteiger partial charge in [0.25, 0.3) is 0 Å². The molecule has 0 unspecified atom stereocenters. The van der Waals surface area contributed by atoms with Crippen LogP contribution >= 0.6 is 11.8 Å². The number of carbonyl (C=O) groups is 2. The number of para-hydroxylation sites is 2. The van der Waals surface area contributed by atoms with Crippen LogP contribution in [0.5, 0.6) is 0 Å². The Morgan fingerprint density at radius 1 is 1.25 bits per heavy atom. The second-order valence-electron chi connectivity index (χ2n) is 6.52. The van der Waals surface area contributed by atoms with E-state index in [4.69, 9.17) is 5.73 Å². The van der Waals surface area contributed by atoms with E-state index in [0.717, 1.165) is 22.7 Å². The Morgan fingerprint density at radius 2 is 1.92 bits per heavy atom. The van der Waals surface area contributed by atoms with E-state index in [-0.39, 0.29) is 11.8 Å². The molecule has 1 aromatic heterocycles. The predicted molar refractivity (Wildman–Crippen MR) is 96.8 cm³/mol. The molecule has 3 N–H and O–H groups in total. The van der Waals surface area contributed by atoms with Crippen molar-refractivity contribution in [2.24, 2.45) is 17.6 Å². The van der Waals surface area contributed by atoms with Gasteiger partial charge in [0.1, 0.15) is 0 Å². The van der Waals surface area contributed by atoms with Crippen LogP contribution in [-0.2, 0) is 11.3 Å². The normalized spacial score (nSPS) is 12.8. The van der Waals surface area contributed by atoms with Gasteiger partial charge in [-0.1, -0.05) is 51.6 Å². The second-order valence-corrected chi connectivity index (χ2v) is 7.63. The number of hydrogen-bond donors (Lipinski definition) is 2. The van der Waals surface area contributed by atoms with Crippen LogP contribution in [0.2, 0.25) is 0 Å². The molecule has 0 aliphatic heterocycles. The van der Waals surface area contributed by atoms with Gasteiger partial charge >= 0.3 is 6.03 Å². The summed E-state index contributed by atoms with van der Waals surface area (Å²) in [5.74, 6) is 0.0891. The highest BCUT2D eigenvalue weighted by molar-refractivity contribution is 8.00. The molecule has 2 aromatic rings. The van der Waals surface area contributed by atoms with Crippen LogP contribution < -0.4 is 11.1 Å². The van der Waals surface area contributed by atoms with Crippen LogP contribution in [0.15, 0.2) is 29.4 Å². The van der Waals surface area contributed by atoms with Gasteiger partial charge in [-0.2, -0.15) is 0 Å². The summed E-state index contributed by atoms with van der Waals surface area (Å²) < 4.78 is 2.14. The van der Waals surface area contributed by atoms with E-state index in [9.17, 15) is 9.59 Å². The smallest absolute Gasteiger partial charge is 0.318 e. The number of primary amides is 1. The average molecular weight is 348 g/mol. The summed E-state index contributed by atoms with van der Waals surface area (Å²) in [4.78, 5) is 28.0. The lowest BCUT2D eigenvalue weighted by Gasteiger charge is -2.19. The van der Waals surface area contributed by atoms with Crippen molar-refractivity contribution in [3.05, 3.63) is 24.3 Å². The van der Waals surface area contributed by atoms with Gasteiger partial charge < -0.3 is 10.3 Å². The summed E-state index contributed by atoms with van der Waals surface area (Å²) in [6, 6.07) is 7.09. The summed E-state index contributed by atoms with van der Waals surface area (Å²) >= 11 is 1.37. The van der Waals surface area contributed by atoms with Crippen LogP contribution in [0.3, 0.4) is 0 Å². The number of nitrogens with zero attached hydrogens (tertiary/aromatic N) is 2. The predicted octanol–water partition coefficient (Wildman–Crippen LogP) is 3.00. The lowest BCUT2D eigenvalue weighted by atomic mass is 10.1. The molecule has 0 radical (unpaired) electrons. The third-order valence-electron chi connectivity index (χ3n) is 3.51. The van der Waals surface area contributed by atoms with Gasteiger partial charge in [-0.15, -0.1) is 0 Å². The molecule has 130 valence electrons. The molecular formula is C17H24N4O2S. The van der Waals surface area contributed by atoms with E-state index in [1.54, 1.807) is 0 Å².